The van der Waals surface area contributed by atoms with Crippen molar-refractivity contribution in [2.24, 2.45) is 0 Å². The van der Waals surface area contributed by atoms with E-state index >= 15 is 0 Å². The van der Waals surface area contributed by atoms with Crippen LogP contribution >= 0.6 is 0 Å². The van der Waals surface area contributed by atoms with Gasteiger partial charge >= 0.3 is 0 Å². The fraction of sp³-hybridized carbons (Fsp3) is 0.231. The highest BCUT2D eigenvalue weighted by Crippen LogP contribution is 2.45. The van der Waals surface area contributed by atoms with Gasteiger partial charge in [-0.3, -0.25) is 0 Å². The summed E-state index contributed by atoms with van der Waals surface area (Å²) in [4.78, 5) is 0. The van der Waals surface area contributed by atoms with Gasteiger partial charge in [0.15, 0.2) is 0 Å². The fourth-order valence-electron chi connectivity index (χ4n) is 3.98. The molecule has 0 spiro atoms. The molecule has 1 aliphatic heterocycles. The minimum Gasteiger partial charge on any atom is -0.365 e. The molecule has 1 aliphatic rings. The van der Waals surface area contributed by atoms with Gasteiger partial charge in [0.05, 0.1) is 12.2 Å². The average molecular weight is 354 g/mol. The molecule has 3 aromatic carbocycles. The molecule has 0 aliphatic carbocycles. The molecule has 3 atom stereocenters. The third-order valence-electron chi connectivity index (χ3n) is 5.54. The van der Waals surface area contributed by atoms with E-state index in [1.54, 1.807) is 0 Å². The van der Waals surface area contributed by atoms with Crippen molar-refractivity contribution >= 4 is 0 Å². The molecule has 27 heavy (non-hydrogen) atoms. The van der Waals surface area contributed by atoms with Gasteiger partial charge in [0.25, 0.3) is 0 Å². The molecule has 1 saturated heterocycles. The summed E-state index contributed by atoms with van der Waals surface area (Å²) >= 11 is 0. The standard InChI is InChI=1S/C26H26O/c1-19-13-15-23(16-14-19)25-17-20(2)24(21-9-5-3-6-10-21)18-26(27-25)22-11-7-4-8-12-22/h3-16,24-26H,2,17-18H2,1H3/t24-,25-,26+/m0/s1. The van der Waals surface area contributed by atoms with E-state index in [0.717, 1.165) is 12.8 Å². The Bertz CT molecular complexity index is 881. The molecule has 1 heteroatoms. The molecule has 0 bridgehead atoms. The number of benzene rings is 3. The minimum atomic E-state index is 0.0389. The van der Waals surface area contributed by atoms with Crippen LogP contribution in [0.2, 0.25) is 0 Å². The van der Waals surface area contributed by atoms with Gasteiger partial charge < -0.3 is 4.74 Å². The summed E-state index contributed by atoms with van der Waals surface area (Å²) in [6.07, 6.45) is 1.88. The average Bonchev–Trinajstić information content (AvgIpc) is 2.89. The first-order valence-electron chi connectivity index (χ1n) is 9.70. The highest BCUT2D eigenvalue weighted by molar-refractivity contribution is 5.33. The highest BCUT2D eigenvalue weighted by atomic mass is 16.5. The normalized spacial score (nSPS) is 23.0. The number of aryl methyl sites for hydroxylation is 1. The van der Waals surface area contributed by atoms with E-state index in [9.17, 15) is 0 Å². The van der Waals surface area contributed by atoms with Gasteiger partial charge in [-0.2, -0.15) is 0 Å². The lowest BCUT2D eigenvalue weighted by Crippen LogP contribution is -2.09. The summed E-state index contributed by atoms with van der Waals surface area (Å²) in [6, 6.07) is 30.0. The Morgan fingerprint density at radius 2 is 1.26 bits per heavy atom. The van der Waals surface area contributed by atoms with Gasteiger partial charge in [-0.25, -0.2) is 0 Å². The number of hydrogen-bond donors (Lipinski definition) is 0. The van der Waals surface area contributed by atoms with Crippen molar-refractivity contribution in [3.8, 4) is 0 Å². The van der Waals surface area contributed by atoms with Crippen molar-refractivity contribution in [2.75, 3.05) is 0 Å². The Morgan fingerprint density at radius 3 is 1.89 bits per heavy atom. The zero-order chi connectivity index (χ0) is 18.6. The predicted octanol–water partition coefficient (Wildman–Crippen LogP) is 6.93. The number of rotatable bonds is 3. The monoisotopic (exact) mass is 354 g/mol. The summed E-state index contributed by atoms with van der Waals surface area (Å²) in [6.45, 7) is 6.59. The van der Waals surface area contributed by atoms with Crippen LogP contribution in [0.5, 0.6) is 0 Å². The Hall–Kier alpha value is -2.64. The maximum Gasteiger partial charge on any atom is 0.0870 e. The van der Waals surface area contributed by atoms with E-state index in [2.05, 4.69) is 98.4 Å². The van der Waals surface area contributed by atoms with Gasteiger partial charge in [-0.05, 0) is 36.5 Å². The fourth-order valence-corrected chi connectivity index (χ4v) is 3.98. The van der Waals surface area contributed by atoms with E-state index < -0.39 is 0 Å². The molecule has 0 N–H and O–H groups in total. The summed E-state index contributed by atoms with van der Waals surface area (Å²) in [5.74, 6) is 0.312. The first-order valence-corrected chi connectivity index (χ1v) is 9.70. The van der Waals surface area contributed by atoms with Crippen LogP contribution in [0.25, 0.3) is 0 Å². The van der Waals surface area contributed by atoms with Crippen LogP contribution in [-0.2, 0) is 4.74 Å². The Kier molecular flexibility index (Phi) is 5.22. The first-order chi connectivity index (χ1) is 13.2. The van der Waals surface area contributed by atoms with Crippen LogP contribution in [0, 0.1) is 6.92 Å². The topological polar surface area (TPSA) is 9.23 Å². The third kappa shape index (κ3) is 4.04. The molecule has 1 heterocycles. The van der Waals surface area contributed by atoms with E-state index in [4.69, 9.17) is 4.74 Å². The molecule has 0 unspecified atom stereocenters. The molecular formula is C26H26O. The van der Waals surface area contributed by atoms with Crippen LogP contribution in [0.1, 0.15) is 53.2 Å². The van der Waals surface area contributed by atoms with Crippen molar-refractivity contribution in [1.29, 1.82) is 0 Å². The van der Waals surface area contributed by atoms with Gasteiger partial charge in [-0.15, -0.1) is 0 Å². The molecule has 136 valence electrons. The number of hydrogen-bond acceptors (Lipinski definition) is 1. The molecule has 3 aromatic rings. The van der Waals surface area contributed by atoms with Crippen LogP contribution in [0.3, 0.4) is 0 Å². The molecule has 0 saturated carbocycles. The van der Waals surface area contributed by atoms with Gasteiger partial charge in [0.2, 0.25) is 0 Å². The van der Waals surface area contributed by atoms with Crippen LogP contribution in [0.4, 0.5) is 0 Å². The van der Waals surface area contributed by atoms with Crippen molar-refractivity contribution < 1.29 is 4.74 Å². The second-order valence-corrected chi connectivity index (χ2v) is 7.50. The van der Waals surface area contributed by atoms with E-state index in [-0.39, 0.29) is 12.2 Å². The molecule has 4 rings (SSSR count). The zero-order valence-electron chi connectivity index (χ0n) is 15.8. The van der Waals surface area contributed by atoms with Crippen molar-refractivity contribution in [3.63, 3.8) is 0 Å². The molecule has 0 radical (unpaired) electrons. The lowest BCUT2D eigenvalue weighted by molar-refractivity contribution is -0.0108. The predicted molar refractivity (Wildman–Crippen MR) is 112 cm³/mol. The second kappa shape index (κ2) is 7.94. The lowest BCUT2D eigenvalue weighted by atomic mass is 9.84. The maximum absolute atomic E-state index is 6.68. The van der Waals surface area contributed by atoms with Crippen LogP contribution < -0.4 is 0 Å². The quantitative estimate of drug-likeness (QED) is 0.463. The van der Waals surface area contributed by atoms with Crippen molar-refractivity contribution in [3.05, 3.63) is 119 Å². The lowest BCUT2D eigenvalue weighted by Gasteiger charge is -2.23. The first kappa shape index (κ1) is 17.8. The Balaban J connectivity index is 1.70. The largest absolute Gasteiger partial charge is 0.365 e. The van der Waals surface area contributed by atoms with E-state index in [1.165, 1.54) is 27.8 Å². The molecular weight excluding hydrogens is 328 g/mol. The van der Waals surface area contributed by atoms with Crippen molar-refractivity contribution in [1.82, 2.24) is 0 Å². The van der Waals surface area contributed by atoms with Crippen LogP contribution in [0.15, 0.2) is 97.1 Å². The SMILES string of the molecule is C=C1C[C@@H](c2ccc(C)cc2)O[C@@H](c2ccccc2)C[C@@H]1c1ccccc1. The highest BCUT2D eigenvalue weighted by Gasteiger charge is 2.31. The molecule has 0 amide bonds. The van der Waals surface area contributed by atoms with Crippen LogP contribution in [-0.4, -0.2) is 0 Å². The van der Waals surface area contributed by atoms with E-state index in [0.29, 0.717) is 5.92 Å². The van der Waals surface area contributed by atoms with Gasteiger partial charge in [0.1, 0.15) is 0 Å². The second-order valence-electron chi connectivity index (χ2n) is 7.50. The zero-order valence-corrected chi connectivity index (χ0v) is 15.8. The minimum absolute atomic E-state index is 0.0389. The summed E-state index contributed by atoms with van der Waals surface area (Å²) in [7, 11) is 0. The molecule has 1 fully saturated rings. The Labute approximate surface area is 162 Å². The van der Waals surface area contributed by atoms with E-state index in [1.807, 2.05) is 0 Å². The maximum atomic E-state index is 6.68. The summed E-state index contributed by atoms with van der Waals surface area (Å²) < 4.78 is 6.68. The Morgan fingerprint density at radius 1 is 0.704 bits per heavy atom. The summed E-state index contributed by atoms with van der Waals surface area (Å²) in [5.41, 5.74) is 6.33. The molecule has 0 aromatic heterocycles. The van der Waals surface area contributed by atoms with Gasteiger partial charge in [0, 0.05) is 5.92 Å². The summed E-state index contributed by atoms with van der Waals surface area (Å²) in [5, 5.41) is 0. The number of ether oxygens (including phenoxy) is 1. The smallest absolute Gasteiger partial charge is 0.0870 e. The molecule has 1 nitrogen and oxygen atoms in total. The van der Waals surface area contributed by atoms with Gasteiger partial charge in [-0.1, -0.05) is 103 Å². The third-order valence-corrected chi connectivity index (χ3v) is 5.54. The van der Waals surface area contributed by atoms with Crippen molar-refractivity contribution in [2.45, 2.75) is 37.9 Å².